The summed E-state index contributed by atoms with van der Waals surface area (Å²) in [7, 11) is 0. The fourth-order valence-corrected chi connectivity index (χ4v) is 1.15. The number of nitrogens with one attached hydrogen (secondary N) is 1. The Hall–Kier alpha value is 0.130. The number of carbonyl (C=O) groups is 1. The van der Waals surface area contributed by atoms with Gasteiger partial charge in [-0.25, -0.2) is 4.72 Å². The second-order valence-electron chi connectivity index (χ2n) is 1.40. The first-order valence-corrected chi connectivity index (χ1v) is 4.20. The van der Waals surface area contributed by atoms with Gasteiger partial charge in [0.1, 0.15) is 6.04 Å². The second kappa shape index (κ2) is 4.96. The molecule has 0 radical (unpaired) electrons. The summed E-state index contributed by atoms with van der Waals surface area (Å²) in [5.74, 6) is -0.546. The number of aliphatic carboxylic acids is 1. The summed E-state index contributed by atoms with van der Waals surface area (Å²) in [6.07, 6.45) is 1.78. The minimum atomic E-state index is -0.862. The zero-order valence-corrected chi connectivity index (χ0v) is 6.71. The minimum Gasteiger partial charge on any atom is -0.480 e. The molecule has 0 saturated carbocycles. The van der Waals surface area contributed by atoms with Gasteiger partial charge in [0.2, 0.25) is 0 Å². The number of thiol groups is 1. The number of hydrogen-bond acceptors (Lipinski definition) is 4. The van der Waals surface area contributed by atoms with Crippen molar-refractivity contribution in [1.29, 1.82) is 0 Å². The third-order valence-corrected chi connectivity index (χ3v) is 1.63. The average molecular weight is 167 g/mol. The highest BCUT2D eigenvalue weighted by molar-refractivity contribution is 7.96. The van der Waals surface area contributed by atoms with Crippen molar-refractivity contribution in [2.75, 3.05) is 12.0 Å². The number of rotatable bonds is 4. The first-order valence-electron chi connectivity index (χ1n) is 2.34. The number of hydrogen-bond donors (Lipinski definition) is 3. The van der Waals surface area contributed by atoms with Crippen molar-refractivity contribution in [2.24, 2.45) is 0 Å². The molecule has 0 unspecified atom stereocenters. The molecule has 0 fully saturated rings. The molecular formula is C4H9NO2S2. The van der Waals surface area contributed by atoms with Crippen molar-refractivity contribution in [2.45, 2.75) is 6.04 Å². The minimum absolute atomic E-state index is 0.316. The van der Waals surface area contributed by atoms with Gasteiger partial charge in [-0.3, -0.25) is 4.79 Å². The molecule has 2 N–H and O–H groups in total. The van der Waals surface area contributed by atoms with Crippen molar-refractivity contribution in [3.05, 3.63) is 0 Å². The van der Waals surface area contributed by atoms with Crippen LogP contribution in [0.1, 0.15) is 0 Å². The lowest BCUT2D eigenvalue weighted by molar-refractivity contribution is -0.138. The predicted molar refractivity (Wildman–Crippen MR) is 41.9 cm³/mol. The van der Waals surface area contributed by atoms with E-state index in [1.165, 1.54) is 11.9 Å². The fourth-order valence-electron chi connectivity index (χ4n) is 0.308. The lowest BCUT2D eigenvalue weighted by atomic mass is 10.4. The molecule has 0 aromatic rings. The summed E-state index contributed by atoms with van der Waals surface area (Å²) >= 11 is 5.12. The molecule has 0 aliphatic heterocycles. The maximum atomic E-state index is 10.2. The third kappa shape index (κ3) is 3.66. The molecule has 0 spiro atoms. The molecule has 0 aromatic heterocycles. The molecule has 1 atom stereocenters. The Morgan fingerprint density at radius 2 is 2.56 bits per heavy atom. The normalized spacial score (nSPS) is 13.1. The SMILES string of the molecule is CSN[C@H](CS)C(=O)O. The Morgan fingerprint density at radius 3 is 2.67 bits per heavy atom. The van der Waals surface area contributed by atoms with E-state index in [0.717, 1.165) is 0 Å². The highest BCUT2D eigenvalue weighted by Gasteiger charge is 2.12. The zero-order chi connectivity index (χ0) is 7.28. The maximum absolute atomic E-state index is 10.2. The molecule has 0 saturated heterocycles. The summed E-state index contributed by atoms with van der Waals surface area (Å²) in [6, 6.07) is -0.539. The lowest BCUT2D eigenvalue weighted by Crippen LogP contribution is -2.33. The van der Waals surface area contributed by atoms with Crippen LogP contribution in [0.2, 0.25) is 0 Å². The molecule has 0 aliphatic carbocycles. The lowest BCUT2D eigenvalue weighted by Gasteiger charge is -2.06. The van der Waals surface area contributed by atoms with Crippen LogP contribution in [-0.4, -0.2) is 29.1 Å². The van der Waals surface area contributed by atoms with Gasteiger partial charge in [-0.2, -0.15) is 12.6 Å². The maximum Gasteiger partial charge on any atom is 0.322 e. The largest absolute Gasteiger partial charge is 0.480 e. The van der Waals surface area contributed by atoms with Crippen molar-refractivity contribution in [3.8, 4) is 0 Å². The summed E-state index contributed by atoms with van der Waals surface area (Å²) < 4.78 is 2.67. The smallest absolute Gasteiger partial charge is 0.322 e. The van der Waals surface area contributed by atoms with E-state index >= 15 is 0 Å². The van der Waals surface area contributed by atoms with E-state index in [1.54, 1.807) is 6.26 Å². The molecule has 0 aliphatic rings. The van der Waals surface area contributed by atoms with Crippen LogP contribution in [0.15, 0.2) is 0 Å². The van der Waals surface area contributed by atoms with Gasteiger partial charge < -0.3 is 5.11 Å². The zero-order valence-electron chi connectivity index (χ0n) is 5.00. The Bertz CT molecular complexity index is 98.6. The molecule has 0 aromatic carbocycles. The van der Waals surface area contributed by atoms with E-state index in [4.69, 9.17) is 5.11 Å². The van der Waals surface area contributed by atoms with Crippen LogP contribution in [0.5, 0.6) is 0 Å². The molecule has 0 amide bonds. The molecule has 3 nitrogen and oxygen atoms in total. The van der Waals surface area contributed by atoms with E-state index < -0.39 is 12.0 Å². The molecule has 9 heavy (non-hydrogen) atoms. The summed E-state index contributed by atoms with van der Waals surface area (Å²) in [5.41, 5.74) is 0. The van der Waals surface area contributed by atoms with Gasteiger partial charge in [0, 0.05) is 5.75 Å². The Labute approximate surface area is 63.8 Å². The quantitative estimate of drug-likeness (QED) is 0.414. The van der Waals surface area contributed by atoms with Gasteiger partial charge in [0.15, 0.2) is 0 Å². The summed E-state index contributed by atoms with van der Waals surface area (Å²) in [4.78, 5) is 10.2. The van der Waals surface area contributed by atoms with E-state index in [-0.39, 0.29) is 0 Å². The van der Waals surface area contributed by atoms with Gasteiger partial charge in [-0.05, 0) is 6.26 Å². The highest BCUT2D eigenvalue weighted by atomic mass is 32.2. The number of carboxylic acids is 1. The van der Waals surface area contributed by atoms with Crippen molar-refractivity contribution in [3.63, 3.8) is 0 Å². The standard InChI is InChI=1S/C4H9NO2S2/c1-9-5-3(2-8)4(6)7/h3,5,8H,2H2,1H3,(H,6,7)/t3-/m1/s1. The van der Waals surface area contributed by atoms with Crippen LogP contribution in [0.3, 0.4) is 0 Å². The van der Waals surface area contributed by atoms with Gasteiger partial charge in [0.25, 0.3) is 0 Å². The molecule has 0 rings (SSSR count). The average Bonchev–Trinajstić information content (AvgIpc) is 1.82. The van der Waals surface area contributed by atoms with E-state index in [2.05, 4.69) is 17.4 Å². The first-order chi connectivity index (χ1) is 4.22. The molecule has 54 valence electrons. The van der Waals surface area contributed by atoms with Gasteiger partial charge in [0.05, 0.1) is 0 Å². The van der Waals surface area contributed by atoms with Gasteiger partial charge in [-0.15, -0.1) is 0 Å². The molecular weight excluding hydrogens is 158 g/mol. The van der Waals surface area contributed by atoms with E-state index in [9.17, 15) is 4.79 Å². The van der Waals surface area contributed by atoms with Gasteiger partial charge in [-0.1, -0.05) is 11.9 Å². The van der Waals surface area contributed by atoms with Crippen molar-refractivity contribution in [1.82, 2.24) is 4.72 Å². The fraction of sp³-hybridized carbons (Fsp3) is 0.750. The van der Waals surface area contributed by atoms with Crippen LogP contribution < -0.4 is 4.72 Å². The van der Waals surface area contributed by atoms with E-state index in [0.29, 0.717) is 5.75 Å². The van der Waals surface area contributed by atoms with Crippen LogP contribution in [-0.2, 0) is 4.79 Å². The van der Waals surface area contributed by atoms with Crippen LogP contribution in [0.4, 0.5) is 0 Å². The molecule has 0 bridgehead atoms. The number of carboxylic acid groups (broad SMARTS) is 1. The van der Waals surface area contributed by atoms with Crippen LogP contribution >= 0.6 is 24.6 Å². The van der Waals surface area contributed by atoms with Crippen LogP contribution in [0, 0.1) is 0 Å². The summed E-state index contributed by atoms with van der Waals surface area (Å²) in [6.45, 7) is 0. The highest BCUT2D eigenvalue weighted by Crippen LogP contribution is 1.93. The monoisotopic (exact) mass is 167 g/mol. The van der Waals surface area contributed by atoms with Crippen molar-refractivity contribution < 1.29 is 9.90 Å². The first kappa shape index (κ1) is 9.13. The Morgan fingerprint density at radius 1 is 2.00 bits per heavy atom. The van der Waals surface area contributed by atoms with Crippen LogP contribution in [0.25, 0.3) is 0 Å². The van der Waals surface area contributed by atoms with Crippen molar-refractivity contribution >= 4 is 30.5 Å². The predicted octanol–water partition coefficient (Wildman–Crippen LogP) is 0.237. The summed E-state index contributed by atoms with van der Waals surface area (Å²) in [5, 5.41) is 8.38. The topological polar surface area (TPSA) is 49.3 Å². The second-order valence-corrected chi connectivity index (χ2v) is 2.40. The Balaban J connectivity index is 3.54. The Kier molecular flexibility index (Phi) is 5.03. The van der Waals surface area contributed by atoms with E-state index in [1.807, 2.05) is 0 Å². The third-order valence-electron chi connectivity index (χ3n) is 0.741. The van der Waals surface area contributed by atoms with Gasteiger partial charge >= 0.3 is 5.97 Å². The molecule has 0 heterocycles. The molecule has 5 heteroatoms.